The number of nitrogens with one attached hydrogen (secondary N) is 1. The molecule has 2 aromatic rings. The van der Waals surface area contributed by atoms with E-state index in [-0.39, 0.29) is 6.61 Å². The van der Waals surface area contributed by atoms with Crippen LogP contribution in [0, 0.1) is 5.41 Å². The van der Waals surface area contributed by atoms with Crippen LogP contribution in [0.25, 0.3) is 0 Å². The van der Waals surface area contributed by atoms with Gasteiger partial charge in [-0.05, 0) is 42.7 Å². The Kier molecular flexibility index (Phi) is 7.47. The molecule has 9 heteroatoms. The SMILES string of the molecule is NC(=O)C(c1ccccc1Cl)C1(COC(=O)Nc2cc(Cl)cc(Cl)c2)CCOCC1. The molecule has 0 radical (unpaired) electrons. The van der Waals surface area contributed by atoms with Crippen molar-refractivity contribution in [2.45, 2.75) is 18.8 Å². The lowest BCUT2D eigenvalue weighted by atomic mass is 9.67. The number of amides is 2. The molecule has 0 saturated carbocycles. The van der Waals surface area contributed by atoms with Crippen molar-refractivity contribution in [3.63, 3.8) is 0 Å². The Bertz CT molecular complexity index is 912. The molecule has 0 bridgehead atoms. The number of carbonyl (C=O) groups excluding carboxylic acids is 2. The standard InChI is InChI=1S/C21H21Cl3N2O4/c22-13-9-14(23)11-15(10-13)26-20(28)30-12-21(5-7-29-8-6-21)18(19(25)27)16-3-1-2-4-17(16)24/h1-4,9-11,18H,5-8,12H2,(H2,25,27)(H,26,28). The van der Waals surface area contributed by atoms with Crippen molar-refractivity contribution in [3.8, 4) is 0 Å². The van der Waals surface area contributed by atoms with Crippen LogP contribution in [0.2, 0.25) is 15.1 Å². The van der Waals surface area contributed by atoms with Crippen LogP contribution in [0.3, 0.4) is 0 Å². The Balaban J connectivity index is 1.81. The molecule has 0 aromatic heterocycles. The molecular weight excluding hydrogens is 451 g/mol. The third kappa shape index (κ3) is 5.38. The van der Waals surface area contributed by atoms with Gasteiger partial charge in [-0.2, -0.15) is 0 Å². The predicted octanol–water partition coefficient (Wildman–Crippen LogP) is 5.26. The molecule has 1 saturated heterocycles. The van der Waals surface area contributed by atoms with Crippen molar-refractivity contribution in [2.75, 3.05) is 25.1 Å². The Morgan fingerprint density at radius 2 is 1.73 bits per heavy atom. The maximum atomic E-state index is 12.5. The Hall–Kier alpha value is -1.99. The first-order chi connectivity index (χ1) is 14.3. The molecule has 6 nitrogen and oxygen atoms in total. The molecule has 3 N–H and O–H groups in total. The fourth-order valence-corrected chi connectivity index (χ4v) is 4.55. The third-order valence-corrected chi connectivity index (χ3v) is 5.98. The van der Waals surface area contributed by atoms with Gasteiger partial charge in [-0.1, -0.05) is 53.0 Å². The summed E-state index contributed by atoms with van der Waals surface area (Å²) in [4.78, 5) is 24.9. The van der Waals surface area contributed by atoms with E-state index in [1.54, 1.807) is 42.5 Å². The van der Waals surface area contributed by atoms with Crippen molar-refractivity contribution in [2.24, 2.45) is 11.1 Å². The molecule has 1 atom stereocenters. The first-order valence-corrected chi connectivity index (χ1v) is 10.5. The van der Waals surface area contributed by atoms with E-state index in [1.165, 1.54) is 0 Å². The van der Waals surface area contributed by atoms with E-state index in [9.17, 15) is 9.59 Å². The highest BCUT2D eigenvalue weighted by atomic mass is 35.5. The van der Waals surface area contributed by atoms with Gasteiger partial charge in [0.25, 0.3) is 0 Å². The van der Waals surface area contributed by atoms with Gasteiger partial charge >= 0.3 is 6.09 Å². The van der Waals surface area contributed by atoms with E-state index < -0.39 is 23.3 Å². The van der Waals surface area contributed by atoms with Gasteiger partial charge in [0.2, 0.25) is 5.91 Å². The highest BCUT2D eigenvalue weighted by molar-refractivity contribution is 6.35. The quantitative estimate of drug-likeness (QED) is 0.601. The molecule has 0 aliphatic carbocycles. The predicted molar refractivity (Wildman–Crippen MR) is 117 cm³/mol. The summed E-state index contributed by atoms with van der Waals surface area (Å²) >= 11 is 18.3. The summed E-state index contributed by atoms with van der Waals surface area (Å²) in [6.07, 6.45) is 0.283. The lowest BCUT2D eigenvalue weighted by Crippen LogP contribution is -2.45. The molecule has 1 fully saturated rings. The third-order valence-electron chi connectivity index (χ3n) is 5.20. The van der Waals surface area contributed by atoms with Crippen LogP contribution in [0.4, 0.5) is 10.5 Å². The number of benzene rings is 2. The zero-order chi connectivity index (χ0) is 21.7. The van der Waals surface area contributed by atoms with E-state index in [2.05, 4.69) is 5.32 Å². The van der Waals surface area contributed by atoms with Gasteiger partial charge in [0.1, 0.15) is 6.61 Å². The first-order valence-electron chi connectivity index (χ1n) is 9.32. The van der Waals surface area contributed by atoms with Crippen LogP contribution in [0.5, 0.6) is 0 Å². The molecule has 160 valence electrons. The van der Waals surface area contributed by atoms with E-state index >= 15 is 0 Å². The summed E-state index contributed by atoms with van der Waals surface area (Å²) in [6.45, 7) is 0.807. The summed E-state index contributed by atoms with van der Waals surface area (Å²) in [6, 6.07) is 11.7. The van der Waals surface area contributed by atoms with Crippen LogP contribution in [0.1, 0.15) is 24.3 Å². The first kappa shape index (κ1) is 22.7. The Morgan fingerprint density at radius 1 is 1.10 bits per heavy atom. The molecule has 2 aromatic carbocycles. The lowest BCUT2D eigenvalue weighted by Gasteiger charge is -2.41. The average molecular weight is 472 g/mol. The second-order valence-electron chi connectivity index (χ2n) is 7.19. The molecule has 1 aliphatic heterocycles. The van der Waals surface area contributed by atoms with Gasteiger partial charge in [0.05, 0.1) is 5.92 Å². The number of carbonyl (C=O) groups is 2. The van der Waals surface area contributed by atoms with E-state index in [4.69, 9.17) is 50.0 Å². The molecule has 1 heterocycles. The lowest BCUT2D eigenvalue weighted by molar-refractivity contribution is -0.126. The number of ether oxygens (including phenoxy) is 2. The van der Waals surface area contributed by atoms with E-state index in [1.807, 2.05) is 0 Å². The Morgan fingerprint density at radius 3 is 2.33 bits per heavy atom. The second-order valence-corrected chi connectivity index (χ2v) is 8.47. The van der Waals surface area contributed by atoms with Crippen molar-refractivity contribution in [3.05, 3.63) is 63.1 Å². The van der Waals surface area contributed by atoms with E-state index in [0.29, 0.717) is 52.4 Å². The van der Waals surface area contributed by atoms with Gasteiger partial charge < -0.3 is 15.2 Å². The molecule has 0 spiro atoms. The van der Waals surface area contributed by atoms with E-state index in [0.717, 1.165) is 0 Å². The van der Waals surface area contributed by atoms with Crippen molar-refractivity contribution in [1.29, 1.82) is 0 Å². The maximum absolute atomic E-state index is 12.5. The maximum Gasteiger partial charge on any atom is 0.411 e. The minimum atomic E-state index is -0.738. The summed E-state index contributed by atoms with van der Waals surface area (Å²) in [5.74, 6) is -1.26. The van der Waals surface area contributed by atoms with Gasteiger partial charge in [0, 0.05) is 39.4 Å². The zero-order valence-electron chi connectivity index (χ0n) is 16.0. The second kappa shape index (κ2) is 9.88. The average Bonchev–Trinajstić information content (AvgIpc) is 2.68. The van der Waals surface area contributed by atoms with Crippen LogP contribution in [-0.4, -0.2) is 31.8 Å². The topological polar surface area (TPSA) is 90.7 Å². The summed E-state index contributed by atoms with van der Waals surface area (Å²) in [5, 5.41) is 3.79. The molecule has 3 rings (SSSR count). The van der Waals surface area contributed by atoms with Crippen LogP contribution >= 0.6 is 34.8 Å². The smallest absolute Gasteiger partial charge is 0.411 e. The molecule has 1 aliphatic rings. The minimum Gasteiger partial charge on any atom is -0.449 e. The fourth-order valence-electron chi connectivity index (χ4n) is 3.78. The highest BCUT2D eigenvalue weighted by Crippen LogP contribution is 2.46. The van der Waals surface area contributed by atoms with Crippen molar-refractivity contribution < 1.29 is 19.1 Å². The van der Waals surface area contributed by atoms with Crippen LogP contribution in [-0.2, 0) is 14.3 Å². The number of hydrogen-bond acceptors (Lipinski definition) is 4. The normalized spacial score (nSPS) is 16.5. The molecule has 2 amide bonds. The number of anilines is 1. The van der Waals surface area contributed by atoms with Crippen molar-refractivity contribution in [1.82, 2.24) is 0 Å². The van der Waals surface area contributed by atoms with Gasteiger partial charge in [0.15, 0.2) is 0 Å². The van der Waals surface area contributed by atoms with Crippen LogP contribution in [0.15, 0.2) is 42.5 Å². The number of halogens is 3. The summed E-state index contributed by atoms with van der Waals surface area (Å²) in [7, 11) is 0. The molecule has 1 unspecified atom stereocenters. The monoisotopic (exact) mass is 470 g/mol. The van der Waals surface area contributed by atoms with Gasteiger partial charge in [-0.15, -0.1) is 0 Å². The van der Waals surface area contributed by atoms with Crippen molar-refractivity contribution >= 4 is 52.5 Å². The fraction of sp³-hybridized carbons (Fsp3) is 0.333. The minimum absolute atomic E-state index is 0.0324. The molecule has 30 heavy (non-hydrogen) atoms. The molecular formula is C21H21Cl3N2O4. The van der Waals surface area contributed by atoms with Gasteiger partial charge in [-0.3, -0.25) is 10.1 Å². The summed E-state index contributed by atoms with van der Waals surface area (Å²) < 4.78 is 11.0. The summed E-state index contributed by atoms with van der Waals surface area (Å²) in [5.41, 5.74) is 6.06. The zero-order valence-corrected chi connectivity index (χ0v) is 18.3. The Labute approximate surface area is 189 Å². The highest BCUT2D eigenvalue weighted by Gasteiger charge is 2.46. The number of rotatable bonds is 6. The largest absolute Gasteiger partial charge is 0.449 e. The van der Waals surface area contributed by atoms with Crippen LogP contribution < -0.4 is 11.1 Å². The number of nitrogens with two attached hydrogens (primary N) is 1. The van der Waals surface area contributed by atoms with Gasteiger partial charge in [-0.25, -0.2) is 4.79 Å². The number of hydrogen-bond donors (Lipinski definition) is 2. The number of primary amides is 1.